The number of para-hydroxylation sites is 1. The van der Waals surface area contributed by atoms with Crippen molar-refractivity contribution in [3.63, 3.8) is 0 Å². The molecule has 3 heterocycles. The maximum atomic E-state index is 13.4. The van der Waals surface area contributed by atoms with Crippen LogP contribution in [0.25, 0.3) is 0 Å². The Bertz CT molecular complexity index is 1500. The highest BCUT2D eigenvalue weighted by atomic mass is 32.2. The number of piperidine rings is 1. The highest BCUT2D eigenvalue weighted by Gasteiger charge is 2.41. The molecule has 0 aliphatic carbocycles. The van der Waals surface area contributed by atoms with E-state index < -0.39 is 27.7 Å². The molecule has 0 saturated carbocycles. The van der Waals surface area contributed by atoms with Gasteiger partial charge in [-0.15, -0.1) is 0 Å². The molecule has 3 aromatic rings. The van der Waals surface area contributed by atoms with E-state index in [1.807, 2.05) is 24.8 Å². The van der Waals surface area contributed by atoms with Gasteiger partial charge in [0.15, 0.2) is 22.4 Å². The first kappa shape index (κ1) is 29.4. The first-order valence-corrected chi connectivity index (χ1v) is 15.9. The second-order valence-corrected chi connectivity index (χ2v) is 14.2. The molecule has 2 aromatic carbocycles. The average molecular weight is 582 g/mol. The lowest BCUT2D eigenvalue weighted by Crippen LogP contribution is -2.62. The van der Waals surface area contributed by atoms with E-state index in [1.165, 1.54) is 5.56 Å². The zero-order valence-corrected chi connectivity index (χ0v) is 25.7. The minimum atomic E-state index is -3.63. The van der Waals surface area contributed by atoms with E-state index in [-0.39, 0.29) is 11.0 Å². The molecule has 11 heteroatoms. The van der Waals surface area contributed by atoms with E-state index in [0.717, 1.165) is 42.9 Å². The summed E-state index contributed by atoms with van der Waals surface area (Å²) in [6, 6.07) is 13.1. The van der Waals surface area contributed by atoms with Gasteiger partial charge in [0.1, 0.15) is 11.6 Å². The number of fused-ring (bicyclic) bond motifs is 1. The van der Waals surface area contributed by atoms with Crippen LogP contribution in [0.5, 0.6) is 5.75 Å². The quantitative estimate of drug-likeness (QED) is 0.421. The van der Waals surface area contributed by atoms with Crippen molar-refractivity contribution >= 4 is 27.0 Å². The molecular formula is C30H43N7O3S. The van der Waals surface area contributed by atoms with Crippen LogP contribution in [0, 0.1) is 6.92 Å². The normalized spacial score (nSPS) is 20.6. The van der Waals surface area contributed by atoms with E-state index in [1.54, 1.807) is 53.9 Å². The fraction of sp³-hybridized carbons (Fsp3) is 0.500. The van der Waals surface area contributed by atoms with Gasteiger partial charge in [-0.05, 0) is 109 Å². The van der Waals surface area contributed by atoms with Gasteiger partial charge in [0, 0.05) is 6.07 Å². The highest BCUT2D eigenvalue weighted by Crippen LogP contribution is 2.45. The molecule has 2 atom stereocenters. The Labute approximate surface area is 243 Å². The van der Waals surface area contributed by atoms with Gasteiger partial charge >= 0.3 is 0 Å². The second-order valence-electron chi connectivity index (χ2n) is 11.7. The van der Waals surface area contributed by atoms with Gasteiger partial charge in [0.2, 0.25) is 0 Å². The Morgan fingerprint density at radius 3 is 2.32 bits per heavy atom. The van der Waals surface area contributed by atoms with Crippen molar-refractivity contribution in [1.29, 1.82) is 0 Å². The summed E-state index contributed by atoms with van der Waals surface area (Å²) in [6.07, 6.45) is 2.13. The molecule has 0 radical (unpaired) electrons. The SMILES string of the molecule is Cc1cc(N2c3ccnn3C(N)N(c3ccccc3S(=O)(=O)C(C)C)C2N)c(OC(C)C)cc1C1CCN(C)CC1. The predicted molar refractivity (Wildman–Crippen MR) is 163 cm³/mol. The van der Waals surface area contributed by atoms with Crippen molar-refractivity contribution in [1.82, 2.24) is 14.7 Å². The van der Waals surface area contributed by atoms with Gasteiger partial charge in [-0.25, -0.2) is 13.1 Å². The van der Waals surface area contributed by atoms with Crippen LogP contribution in [0.2, 0.25) is 0 Å². The van der Waals surface area contributed by atoms with Crippen molar-refractivity contribution < 1.29 is 13.2 Å². The number of anilines is 3. The first-order valence-electron chi connectivity index (χ1n) is 14.4. The molecule has 2 aliphatic rings. The summed E-state index contributed by atoms with van der Waals surface area (Å²) >= 11 is 0. The highest BCUT2D eigenvalue weighted by molar-refractivity contribution is 7.92. The smallest absolute Gasteiger partial charge is 0.182 e. The van der Waals surface area contributed by atoms with Crippen molar-refractivity contribution in [2.24, 2.45) is 11.5 Å². The second kappa shape index (κ2) is 11.3. The molecule has 0 spiro atoms. The minimum Gasteiger partial charge on any atom is -0.489 e. The molecule has 10 nitrogen and oxygen atoms in total. The summed E-state index contributed by atoms with van der Waals surface area (Å²) in [5.74, 6) is 1.88. The van der Waals surface area contributed by atoms with E-state index in [0.29, 0.717) is 17.4 Å². The molecule has 2 aliphatic heterocycles. The Balaban J connectivity index is 1.66. The number of aryl methyl sites for hydroxylation is 1. The zero-order valence-electron chi connectivity index (χ0n) is 24.9. The third kappa shape index (κ3) is 5.31. The van der Waals surface area contributed by atoms with E-state index >= 15 is 0 Å². The van der Waals surface area contributed by atoms with Crippen molar-refractivity contribution in [3.8, 4) is 5.75 Å². The minimum absolute atomic E-state index is 0.0667. The molecule has 1 fully saturated rings. The number of aromatic nitrogens is 2. The number of ether oxygens (including phenoxy) is 1. The lowest BCUT2D eigenvalue weighted by Gasteiger charge is -2.47. The fourth-order valence-electron chi connectivity index (χ4n) is 5.94. The monoisotopic (exact) mass is 581 g/mol. The van der Waals surface area contributed by atoms with Crippen molar-refractivity contribution in [3.05, 3.63) is 59.8 Å². The van der Waals surface area contributed by atoms with Gasteiger partial charge in [0.25, 0.3) is 0 Å². The Kier molecular flexibility index (Phi) is 8.08. The number of likely N-dealkylation sites (tertiary alicyclic amines) is 1. The summed E-state index contributed by atoms with van der Waals surface area (Å²) in [5.41, 5.74) is 17.5. The number of rotatable bonds is 7. The molecule has 4 N–H and O–H groups in total. The number of hydrogen-bond donors (Lipinski definition) is 2. The van der Waals surface area contributed by atoms with Crippen LogP contribution in [0.1, 0.15) is 63.9 Å². The molecule has 0 bridgehead atoms. The molecular weight excluding hydrogens is 538 g/mol. The van der Waals surface area contributed by atoms with Gasteiger partial charge in [-0.1, -0.05) is 12.1 Å². The summed E-state index contributed by atoms with van der Waals surface area (Å²) in [5, 5.41) is 3.91. The molecule has 41 heavy (non-hydrogen) atoms. The van der Waals surface area contributed by atoms with E-state index in [4.69, 9.17) is 16.2 Å². The third-order valence-corrected chi connectivity index (χ3v) is 10.4. The summed E-state index contributed by atoms with van der Waals surface area (Å²) < 4.78 is 34.9. The zero-order chi connectivity index (χ0) is 29.6. The molecule has 222 valence electrons. The van der Waals surface area contributed by atoms with Crippen molar-refractivity contribution in [2.45, 2.75) is 82.2 Å². The van der Waals surface area contributed by atoms with Gasteiger partial charge in [0.05, 0.1) is 33.8 Å². The fourth-order valence-corrected chi connectivity index (χ4v) is 7.18. The maximum Gasteiger partial charge on any atom is 0.182 e. The third-order valence-electron chi connectivity index (χ3n) is 8.18. The van der Waals surface area contributed by atoms with Crippen LogP contribution >= 0.6 is 0 Å². The number of nitrogens with zero attached hydrogens (tertiary/aromatic N) is 5. The summed E-state index contributed by atoms with van der Waals surface area (Å²) in [6.45, 7) is 11.6. The van der Waals surface area contributed by atoms with Crippen LogP contribution in [0.3, 0.4) is 0 Å². The largest absolute Gasteiger partial charge is 0.489 e. The Morgan fingerprint density at radius 1 is 0.976 bits per heavy atom. The van der Waals surface area contributed by atoms with Crippen LogP contribution in [0.15, 0.2) is 53.6 Å². The average Bonchev–Trinajstić information content (AvgIpc) is 3.40. The predicted octanol–water partition coefficient (Wildman–Crippen LogP) is 4.29. The van der Waals surface area contributed by atoms with Crippen molar-refractivity contribution in [2.75, 3.05) is 29.9 Å². The van der Waals surface area contributed by atoms with Gasteiger partial charge in [-0.2, -0.15) is 5.10 Å². The number of benzene rings is 2. The van der Waals surface area contributed by atoms with Crippen LogP contribution in [-0.2, 0) is 9.84 Å². The lowest BCUT2D eigenvalue weighted by molar-refractivity contribution is 0.239. The number of hydrogen-bond acceptors (Lipinski definition) is 9. The summed E-state index contributed by atoms with van der Waals surface area (Å²) in [4.78, 5) is 6.21. The lowest BCUT2D eigenvalue weighted by atomic mass is 9.86. The van der Waals surface area contributed by atoms with Gasteiger partial charge in [-0.3, -0.25) is 16.4 Å². The van der Waals surface area contributed by atoms with Crippen LogP contribution in [0.4, 0.5) is 17.2 Å². The van der Waals surface area contributed by atoms with Crippen LogP contribution < -0.4 is 26.0 Å². The topological polar surface area (TPSA) is 123 Å². The first-order chi connectivity index (χ1) is 19.4. The Morgan fingerprint density at radius 2 is 1.66 bits per heavy atom. The van der Waals surface area contributed by atoms with E-state index in [9.17, 15) is 8.42 Å². The Hall–Kier alpha value is -3.12. The number of nitrogens with two attached hydrogens (primary N) is 2. The molecule has 1 saturated heterocycles. The number of sulfone groups is 1. The van der Waals surface area contributed by atoms with E-state index in [2.05, 4.69) is 36.1 Å². The molecule has 1 aromatic heterocycles. The summed E-state index contributed by atoms with van der Waals surface area (Å²) in [7, 11) is -1.46. The maximum absolute atomic E-state index is 13.4. The van der Waals surface area contributed by atoms with Gasteiger partial charge < -0.3 is 14.5 Å². The van der Waals surface area contributed by atoms with Crippen LogP contribution in [-0.4, -0.2) is 60.9 Å². The molecule has 0 amide bonds. The standard InChI is InChI=1S/C30H43N7O3S/c1-19(2)40-26-18-23(22-12-15-34(6)16-13-22)21(5)17-25(26)35-28-11-14-33-37(28)30(32)36(29(35)31)24-9-7-8-10-27(24)41(38,39)20(3)4/h7-11,14,17-20,22,29-30H,12-13,15-16,31-32H2,1-6H3. The molecule has 2 unspecified atom stereocenters. The molecule has 5 rings (SSSR count).